The summed E-state index contributed by atoms with van der Waals surface area (Å²) < 4.78 is 5.12. The highest BCUT2D eigenvalue weighted by molar-refractivity contribution is 7.80. The molecule has 0 heterocycles. The first-order valence-electron chi connectivity index (χ1n) is 7.41. The second-order valence-corrected chi connectivity index (χ2v) is 5.67. The van der Waals surface area contributed by atoms with Crippen molar-refractivity contribution in [3.63, 3.8) is 0 Å². The van der Waals surface area contributed by atoms with Crippen LogP contribution in [-0.4, -0.2) is 29.8 Å². The molecule has 1 atom stereocenters. The van der Waals surface area contributed by atoms with E-state index in [1.54, 1.807) is 19.2 Å². The van der Waals surface area contributed by atoms with Crippen LogP contribution in [0.4, 0.5) is 5.69 Å². The van der Waals surface area contributed by atoms with Crippen LogP contribution >= 0.6 is 12.6 Å². The van der Waals surface area contributed by atoms with Crippen LogP contribution < -0.4 is 10.1 Å². The predicted octanol–water partition coefficient (Wildman–Crippen LogP) is 3.12. The first kappa shape index (κ1) is 17.9. The highest BCUT2D eigenvalue weighted by atomic mass is 32.1. The summed E-state index contributed by atoms with van der Waals surface area (Å²) in [4.78, 5) is 23.4. The average molecular weight is 345 g/mol. The van der Waals surface area contributed by atoms with Crippen LogP contribution in [0.5, 0.6) is 5.75 Å². The molecule has 0 aliphatic heterocycles. The van der Waals surface area contributed by atoms with E-state index in [1.807, 2.05) is 24.3 Å². The van der Waals surface area contributed by atoms with Gasteiger partial charge in [0.05, 0.1) is 18.6 Å². The lowest BCUT2D eigenvalue weighted by Gasteiger charge is -2.15. The average Bonchev–Trinajstić information content (AvgIpc) is 2.60. The molecule has 2 N–H and O–H groups in total. The van der Waals surface area contributed by atoms with E-state index >= 15 is 0 Å². The molecule has 0 bridgehead atoms. The smallest absolute Gasteiger partial charge is 0.335 e. The van der Waals surface area contributed by atoms with Gasteiger partial charge in [-0.2, -0.15) is 12.6 Å². The number of ether oxygens (including phenoxy) is 1. The quantitative estimate of drug-likeness (QED) is 0.674. The molecule has 0 aliphatic carbocycles. The number of rotatable bonds is 7. The minimum absolute atomic E-state index is 0.130. The molecule has 2 aromatic rings. The van der Waals surface area contributed by atoms with E-state index in [9.17, 15) is 9.59 Å². The van der Waals surface area contributed by atoms with Crippen LogP contribution in [0.3, 0.4) is 0 Å². The van der Waals surface area contributed by atoms with Gasteiger partial charge < -0.3 is 15.2 Å². The third-order valence-corrected chi connectivity index (χ3v) is 4.05. The molecule has 126 valence electrons. The van der Waals surface area contributed by atoms with Crippen LogP contribution in [0.25, 0.3) is 0 Å². The van der Waals surface area contributed by atoms with Crippen molar-refractivity contribution >= 4 is 30.2 Å². The summed E-state index contributed by atoms with van der Waals surface area (Å²) in [6.07, 6.45) is 0.540. The third kappa shape index (κ3) is 4.76. The van der Waals surface area contributed by atoms with Crippen LogP contribution in [0, 0.1) is 5.92 Å². The van der Waals surface area contributed by atoms with E-state index in [4.69, 9.17) is 9.84 Å². The number of aromatic carboxylic acids is 1. The lowest BCUT2D eigenvalue weighted by molar-refractivity contribution is -0.119. The lowest BCUT2D eigenvalue weighted by atomic mass is 10.00. The van der Waals surface area contributed by atoms with Gasteiger partial charge >= 0.3 is 5.97 Å². The Kier molecular flexibility index (Phi) is 6.26. The van der Waals surface area contributed by atoms with Crippen molar-refractivity contribution in [2.24, 2.45) is 5.92 Å². The van der Waals surface area contributed by atoms with Gasteiger partial charge in [0.2, 0.25) is 5.91 Å². The number of methoxy groups -OCH3 is 1. The minimum atomic E-state index is -1.03. The molecule has 0 radical (unpaired) electrons. The van der Waals surface area contributed by atoms with Gasteiger partial charge in [-0.05, 0) is 42.3 Å². The maximum Gasteiger partial charge on any atom is 0.335 e. The zero-order valence-corrected chi connectivity index (χ0v) is 14.1. The van der Waals surface area contributed by atoms with Gasteiger partial charge in [0, 0.05) is 11.4 Å². The van der Waals surface area contributed by atoms with Crippen LogP contribution in [-0.2, 0) is 11.2 Å². The maximum absolute atomic E-state index is 12.4. The van der Waals surface area contributed by atoms with E-state index in [-0.39, 0.29) is 17.4 Å². The number of carbonyl (C=O) groups excluding carboxylic acids is 1. The summed E-state index contributed by atoms with van der Waals surface area (Å²) in [7, 11) is 1.60. The summed E-state index contributed by atoms with van der Waals surface area (Å²) in [6, 6.07) is 13.7. The second-order valence-electron chi connectivity index (χ2n) is 5.31. The molecule has 5 nitrogen and oxygen atoms in total. The Labute approximate surface area is 146 Å². The largest absolute Gasteiger partial charge is 0.497 e. The number of amides is 1. The topological polar surface area (TPSA) is 75.6 Å². The van der Waals surface area contributed by atoms with Crippen molar-refractivity contribution in [1.29, 1.82) is 0 Å². The molecule has 0 aromatic heterocycles. The molecule has 0 spiro atoms. The fourth-order valence-corrected chi connectivity index (χ4v) is 2.56. The Morgan fingerprint density at radius 1 is 1.21 bits per heavy atom. The maximum atomic E-state index is 12.4. The van der Waals surface area contributed by atoms with E-state index in [1.165, 1.54) is 12.1 Å². The number of hydrogen-bond donors (Lipinski definition) is 3. The van der Waals surface area contributed by atoms with E-state index in [2.05, 4.69) is 17.9 Å². The number of carboxylic acid groups (broad SMARTS) is 1. The molecule has 1 amide bonds. The molecule has 24 heavy (non-hydrogen) atoms. The SMILES string of the molecule is COc1ccc(CC(CS)C(=O)Nc2cccc(C(=O)O)c2)cc1. The van der Waals surface area contributed by atoms with Crippen molar-refractivity contribution in [2.75, 3.05) is 18.2 Å². The van der Waals surface area contributed by atoms with Gasteiger partial charge in [-0.3, -0.25) is 4.79 Å². The van der Waals surface area contributed by atoms with Gasteiger partial charge in [0.25, 0.3) is 0 Å². The van der Waals surface area contributed by atoms with Crippen molar-refractivity contribution in [2.45, 2.75) is 6.42 Å². The van der Waals surface area contributed by atoms with Crippen molar-refractivity contribution in [1.82, 2.24) is 0 Å². The second kappa shape index (κ2) is 8.40. The molecule has 2 aromatic carbocycles. The standard InChI is InChI=1S/C18H19NO4S/c1-23-16-7-5-12(6-8-16)9-14(11-24)17(20)19-15-4-2-3-13(10-15)18(21)22/h2-8,10,14,24H,9,11H2,1H3,(H,19,20)(H,21,22). The molecule has 1 unspecified atom stereocenters. The van der Waals surface area contributed by atoms with E-state index in [0.29, 0.717) is 17.9 Å². The minimum Gasteiger partial charge on any atom is -0.497 e. The fraction of sp³-hybridized carbons (Fsp3) is 0.222. The number of nitrogens with one attached hydrogen (secondary N) is 1. The molecule has 6 heteroatoms. The number of benzene rings is 2. The fourth-order valence-electron chi connectivity index (χ4n) is 2.26. The number of carbonyl (C=O) groups is 2. The molecular weight excluding hydrogens is 326 g/mol. The monoisotopic (exact) mass is 345 g/mol. The first-order chi connectivity index (χ1) is 11.5. The number of hydrogen-bond acceptors (Lipinski definition) is 4. The van der Waals surface area contributed by atoms with E-state index < -0.39 is 5.97 Å². The molecule has 2 rings (SSSR count). The molecule has 0 saturated carbocycles. The highest BCUT2D eigenvalue weighted by Crippen LogP contribution is 2.18. The van der Waals surface area contributed by atoms with Gasteiger partial charge in [-0.15, -0.1) is 0 Å². The number of anilines is 1. The molecule has 0 fully saturated rings. The van der Waals surface area contributed by atoms with Gasteiger partial charge in [0.15, 0.2) is 0 Å². The number of carboxylic acids is 1. The van der Waals surface area contributed by atoms with Crippen molar-refractivity contribution in [3.05, 3.63) is 59.7 Å². The van der Waals surface area contributed by atoms with Crippen LogP contribution in [0.15, 0.2) is 48.5 Å². The van der Waals surface area contributed by atoms with Crippen molar-refractivity contribution < 1.29 is 19.4 Å². The van der Waals surface area contributed by atoms with Gasteiger partial charge in [0.1, 0.15) is 5.75 Å². The Morgan fingerprint density at radius 2 is 1.92 bits per heavy atom. The summed E-state index contributed by atoms with van der Waals surface area (Å²) in [5, 5.41) is 11.8. The summed E-state index contributed by atoms with van der Waals surface area (Å²) in [6.45, 7) is 0. The highest BCUT2D eigenvalue weighted by Gasteiger charge is 2.18. The Balaban J connectivity index is 2.05. The Morgan fingerprint density at radius 3 is 2.50 bits per heavy atom. The molecule has 0 saturated heterocycles. The predicted molar refractivity (Wildman–Crippen MR) is 96.1 cm³/mol. The summed E-state index contributed by atoms with van der Waals surface area (Å²) in [5.74, 6) is -0.402. The van der Waals surface area contributed by atoms with Gasteiger partial charge in [-0.25, -0.2) is 4.79 Å². The Hall–Kier alpha value is -2.47. The normalized spacial score (nSPS) is 11.6. The molecule has 0 aliphatic rings. The van der Waals surface area contributed by atoms with Crippen LogP contribution in [0.2, 0.25) is 0 Å². The number of thiol groups is 1. The summed E-state index contributed by atoms with van der Waals surface area (Å²) >= 11 is 4.26. The zero-order valence-electron chi connectivity index (χ0n) is 13.2. The van der Waals surface area contributed by atoms with Crippen LogP contribution in [0.1, 0.15) is 15.9 Å². The van der Waals surface area contributed by atoms with E-state index in [0.717, 1.165) is 11.3 Å². The summed E-state index contributed by atoms with van der Waals surface area (Å²) in [5.41, 5.74) is 1.59. The van der Waals surface area contributed by atoms with Crippen molar-refractivity contribution in [3.8, 4) is 5.75 Å². The first-order valence-corrected chi connectivity index (χ1v) is 8.04. The Bertz CT molecular complexity index is 715. The third-order valence-electron chi connectivity index (χ3n) is 3.61. The molecular formula is C18H19NO4S. The lowest BCUT2D eigenvalue weighted by Crippen LogP contribution is -2.26. The zero-order chi connectivity index (χ0) is 17.5. The van der Waals surface area contributed by atoms with Gasteiger partial charge in [-0.1, -0.05) is 18.2 Å².